The Bertz CT molecular complexity index is 469. The van der Waals surface area contributed by atoms with Crippen LogP contribution in [0.1, 0.15) is 25.0 Å². The molecule has 2 rings (SSSR count). The number of nitrogens with zero attached hydrogens (tertiary/aromatic N) is 2. The monoisotopic (exact) mass is 245 g/mol. The van der Waals surface area contributed by atoms with E-state index in [1.165, 1.54) is 5.56 Å². The van der Waals surface area contributed by atoms with Gasteiger partial charge in [0.25, 0.3) is 0 Å². The van der Waals surface area contributed by atoms with Gasteiger partial charge in [0.05, 0.1) is 0 Å². The molecular weight excluding hydrogens is 226 g/mol. The average Bonchev–Trinajstić information content (AvgIpc) is 2.41. The van der Waals surface area contributed by atoms with Crippen LogP contribution in [-0.2, 0) is 6.61 Å². The molecule has 4 nitrogen and oxygen atoms in total. The molecule has 18 heavy (non-hydrogen) atoms. The third-order valence-corrected chi connectivity index (χ3v) is 2.14. The van der Waals surface area contributed by atoms with Crippen molar-refractivity contribution in [1.82, 2.24) is 9.97 Å². The molecule has 0 aliphatic carbocycles. The van der Waals surface area contributed by atoms with E-state index in [1.54, 1.807) is 12.3 Å². The zero-order chi connectivity index (χ0) is 13.4. The number of hydrogen-bond acceptors (Lipinski definition) is 4. The molecule has 2 aromatic rings. The minimum Gasteiger partial charge on any atom is -0.459 e. The highest BCUT2D eigenvalue weighted by atomic mass is 16.5. The lowest BCUT2D eigenvalue weighted by Gasteiger charge is -2.04. The van der Waals surface area contributed by atoms with E-state index >= 15 is 0 Å². The lowest BCUT2D eigenvalue weighted by Crippen LogP contribution is -2.01. The van der Waals surface area contributed by atoms with E-state index in [1.807, 2.05) is 45.0 Å². The number of rotatable bonds is 3. The summed E-state index contributed by atoms with van der Waals surface area (Å²) < 4.78 is 5.41. The standard InChI is InChI=1S/C12H13N3O.C2H6/c1-9-2-4-10(5-3-9)8-16-12-14-7-6-11(13)15-12;1-2/h2-7H,8H2,1H3,(H2,13,14,15);1-2H3. The first-order valence-corrected chi connectivity index (χ1v) is 6.01. The second-order valence-electron chi connectivity index (χ2n) is 3.54. The number of nitrogen functional groups attached to an aromatic ring is 1. The lowest BCUT2D eigenvalue weighted by molar-refractivity contribution is 0.281. The van der Waals surface area contributed by atoms with Crippen molar-refractivity contribution in [3.05, 3.63) is 47.7 Å². The van der Waals surface area contributed by atoms with Gasteiger partial charge in [-0.2, -0.15) is 4.98 Å². The molecule has 0 amide bonds. The van der Waals surface area contributed by atoms with E-state index < -0.39 is 0 Å². The first-order chi connectivity index (χ1) is 8.74. The van der Waals surface area contributed by atoms with E-state index in [4.69, 9.17) is 10.5 Å². The van der Waals surface area contributed by atoms with Crippen molar-refractivity contribution in [2.45, 2.75) is 27.4 Å². The van der Waals surface area contributed by atoms with Gasteiger partial charge in [-0.1, -0.05) is 43.7 Å². The predicted molar refractivity (Wildman–Crippen MR) is 73.3 cm³/mol. The Morgan fingerprint density at radius 1 is 1.11 bits per heavy atom. The van der Waals surface area contributed by atoms with Crippen molar-refractivity contribution in [2.75, 3.05) is 5.73 Å². The fraction of sp³-hybridized carbons (Fsp3) is 0.286. The molecule has 0 aliphatic heterocycles. The summed E-state index contributed by atoms with van der Waals surface area (Å²) in [6.07, 6.45) is 1.58. The van der Waals surface area contributed by atoms with Crippen molar-refractivity contribution in [3.63, 3.8) is 0 Å². The minimum atomic E-state index is 0.306. The maximum atomic E-state index is 5.52. The summed E-state index contributed by atoms with van der Waals surface area (Å²) in [6, 6.07) is 10.0. The molecule has 0 spiro atoms. The Balaban J connectivity index is 0.000000771. The number of ether oxygens (including phenoxy) is 1. The zero-order valence-electron chi connectivity index (χ0n) is 11.1. The highest BCUT2D eigenvalue weighted by Crippen LogP contribution is 2.08. The van der Waals surface area contributed by atoms with Crippen molar-refractivity contribution < 1.29 is 4.74 Å². The molecule has 1 heterocycles. The highest BCUT2D eigenvalue weighted by molar-refractivity contribution is 5.26. The molecule has 1 aromatic heterocycles. The van der Waals surface area contributed by atoms with Crippen LogP contribution in [-0.4, -0.2) is 9.97 Å². The number of aromatic nitrogens is 2. The smallest absolute Gasteiger partial charge is 0.318 e. The quantitative estimate of drug-likeness (QED) is 0.903. The van der Waals surface area contributed by atoms with Crippen LogP contribution in [0.25, 0.3) is 0 Å². The predicted octanol–water partition coefficient (Wildman–Crippen LogP) is 2.97. The van der Waals surface area contributed by atoms with Crippen LogP contribution in [0.5, 0.6) is 6.01 Å². The Kier molecular flexibility index (Phi) is 5.64. The molecule has 0 saturated heterocycles. The Morgan fingerprint density at radius 2 is 1.78 bits per heavy atom. The number of hydrogen-bond donors (Lipinski definition) is 1. The van der Waals surface area contributed by atoms with Gasteiger partial charge >= 0.3 is 6.01 Å². The Hall–Kier alpha value is -2.10. The summed E-state index contributed by atoms with van der Waals surface area (Å²) in [5.41, 5.74) is 7.82. The maximum Gasteiger partial charge on any atom is 0.318 e. The fourth-order valence-electron chi connectivity index (χ4n) is 1.26. The third kappa shape index (κ3) is 4.41. The van der Waals surface area contributed by atoms with E-state index in [2.05, 4.69) is 9.97 Å². The third-order valence-electron chi connectivity index (χ3n) is 2.14. The van der Waals surface area contributed by atoms with Crippen LogP contribution in [0.2, 0.25) is 0 Å². The van der Waals surface area contributed by atoms with Crippen molar-refractivity contribution in [3.8, 4) is 6.01 Å². The molecular formula is C14H19N3O. The van der Waals surface area contributed by atoms with Crippen LogP contribution in [0.15, 0.2) is 36.5 Å². The summed E-state index contributed by atoms with van der Waals surface area (Å²) in [4.78, 5) is 7.91. The summed E-state index contributed by atoms with van der Waals surface area (Å²) in [7, 11) is 0. The van der Waals surface area contributed by atoms with E-state index in [0.29, 0.717) is 18.4 Å². The van der Waals surface area contributed by atoms with Crippen LogP contribution in [0, 0.1) is 6.92 Å². The molecule has 0 saturated carbocycles. The minimum absolute atomic E-state index is 0.306. The first kappa shape index (κ1) is 14.0. The lowest BCUT2D eigenvalue weighted by atomic mass is 10.2. The molecule has 0 radical (unpaired) electrons. The molecule has 96 valence electrons. The van der Waals surface area contributed by atoms with E-state index in [9.17, 15) is 0 Å². The zero-order valence-corrected chi connectivity index (χ0v) is 11.1. The van der Waals surface area contributed by atoms with Gasteiger partial charge in [0.1, 0.15) is 12.4 Å². The fourth-order valence-corrected chi connectivity index (χ4v) is 1.26. The molecule has 1 aromatic carbocycles. The van der Waals surface area contributed by atoms with Gasteiger partial charge in [0, 0.05) is 6.20 Å². The van der Waals surface area contributed by atoms with Crippen LogP contribution >= 0.6 is 0 Å². The highest BCUT2D eigenvalue weighted by Gasteiger charge is 1.98. The van der Waals surface area contributed by atoms with E-state index in [-0.39, 0.29) is 0 Å². The molecule has 0 aliphatic rings. The summed E-state index contributed by atoms with van der Waals surface area (Å²) in [5.74, 6) is 0.411. The summed E-state index contributed by atoms with van der Waals surface area (Å²) in [5, 5.41) is 0. The Morgan fingerprint density at radius 3 is 2.39 bits per heavy atom. The van der Waals surface area contributed by atoms with Gasteiger partial charge in [-0.3, -0.25) is 0 Å². The van der Waals surface area contributed by atoms with Crippen LogP contribution in [0.4, 0.5) is 5.82 Å². The number of nitrogens with two attached hydrogens (primary N) is 1. The second kappa shape index (κ2) is 7.27. The number of aryl methyl sites for hydroxylation is 1. The molecule has 0 fully saturated rings. The van der Waals surface area contributed by atoms with Gasteiger partial charge in [0.15, 0.2) is 0 Å². The molecule has 0 atom stereocenters. The van der Waals surface area contributed by atoms with Crippen LogP contribution in [0.3, 0.4) is 0 Å². The summed E-state index contributed by atoms with van der Waals surface area (Å²) >= 11 is 0. The van der Waals surface area contributed by atoms with Gasteiger partial charge < -0.3 is 10.5 Å². The maximum absolute atomic E-state index is 5.52. The number of benzene rings is 1. The molecule has 4 heteroatoms. The van der Waals surface area contributed by atoms with Gasteiger partial charge in [-0.25, -0.2) is 4.98 Å². The molecule has 2 N–H and O–H groups in total. The van der Waals surface area contributed by atoms with Crippen molar-refractivity contribution in [1.29, 1.82) is 0 Å². The Labute approximate surface area is 108 Å². The SMILES string of the molecule is CC.Cc1ccc(COc2nccc(N)n2)cc1. The van der Waals surface area contributed by atoms with Crippen molar-refractivity contribution in [2.24, 2.45) is 0 Å². The largest absolute Gasteiger partial charge is 0.459 e. The van der Waals surface area contributed by atoms with Crippen molar-refractivity contribution >= 4 is 5.82 Å². The molecule has 0 bridgehead atoms. The van der Waals surface area contributed by atoms with Gasteiger partial charge in [-0.05, 0) is 18.6 Å². The van der Waals surface area contributed by atoms with Crippen LogP contribution < -0.4 is 10.5 Å². The van der Waals surface area contributed by atoms with Gasteiger partial charge in [0.2, 0.25) is 0 Å². The topological polar surface area (TPSA) is 61.0 Å². The van der Waals surface area contributed by atoms with E-state index in [0.717, 1.165) is 5.56 Å². The number of anilines is 1. The normalized spacial score (nSPS) is 9.28. The van der Waals surface area contributed by atoms with Gasteiger partial charge in [-0.15, -0.1) is 0 Å². The summed E-state index contributed by atoms with van der Waals surface area (Å²) in [6.45, 7) is 6.50. The average molecular weight is 245 g/mol. The second-order valence-corrected chi connectivity index (χ2v) is 3.54. The first-order valence-electron chi connectivity index (χ1n) is 6.01. The molecule has 0 unspecified atom stereocenters.